The van der Waals surface area contributed by atoms with E-state index >= 15 is 0 Å². The fourth-order valence-corrected chi connectivity index (χ4v) is 3.53. The van der Waals surface area contributed by atoms with Crippen LogP contribution in [0.5, 0.6) is 5.75 Å². The molecule has 0 aromatic heterocycles. The van der Waals surface area contributed by atoms with Crippen LogP contribution in [-0.4, -0.2) is 6.61 Å². The Bertz CT molecular complexity index is 818. The number of hydrogen-bond acceptors (Lipinski definition) is 2. The van der Waals surface area contributed by atoms with Crippen LogP contribution in [0.4, 0.5) is 13.2 Å². The average molecular weight is 406 g/mol. The molecule has 0 aliphatic carbocycles. The molecule has 3 rings (SSSR count). The molecule has 0 saturated carbocycles. The van der Waals surface area contributed by atoms with Crippen LogP contribution < -0.4 is 4.74 Å². The van der Waals surface area contributed by atoms with Gasteiger partial charge in [-0.2, -0.15) is 4.39 Å². The van der Waals surface area contributed by atoms with Crippen LogP contribution in [0.2, 0.25) is 0 Å². The third-order valence-electron chi connectivity index (χ3n) is 5.43. The van der Waals surface area contributed by atoms with Crippen LogP contribution >= 0.6 is 0 Å². The molecule has 0 radical (unpaired) electrons. The molecule has 2 aliphatic heterocycles. The molecular formula is C24H29F3O2. The fraction of sp³-hybridized carbons (Fsp3) is 0.417. The molecule has 1 aromatic rings. The highest BCUT2D eigenvalue weighted by Gasteiger charge is 2.32. The van der Waals surface area contributed by atoms with Gasteiger partial charge in [-0.25, -0.2) is 8.78 Å². The van der Waals surface area contributed by atoms with Gasteiger partial charge in [-0.15, -0.1) is 13.2 Å². The van der Waals surface area contributed by atoms with Gasteiger partial charge in [0.25, 0.3) is 0 Å². The van der Waals surface area contributed by atoms with Gasteiger partial charge in [-0.05, 0) is 42.4 Å². The maximum absolute atomic E-state index is 14.7. The van der Waals surface area contributed by atoms with Crippen LogP contribution in [0.3, 0.4) is 0 Å². The van der Waals surface area contributed by atoms with E-state index in [9.17, 15) is 13.2 Å². The first-order chi connectivity index (χ1) is 13.9. The Labute approximate surface area is 171 Å². The smallest absolute Gasteiger partial charge is 0.201 e. The van der Waals surface area contributed by atoms with Crippen LogP contribution in [0.25, 0.3) is 0 Å². The molecule has 2 unspecified atom stereocenters. The van der Waals surface area contributed by atoms with Crippen molar-refractivity contribution in [1.82, 2.24) is 0 Å². The standard InChI is InChI=1S/C22H25F3O2.C2H4/c1-5-12(3)18(23)21-13(4)9-15-10-16(19(24)20(25)22(15)27-21)17-8-7-14(6-2)11-26-17;1-2/h10,14,17H,3-9,11H2,1-2H3;1-2H2/b21-18-;. The predicted octanol–water partition coefficient (Wildman–Crippen LogP) is 7.28. The molecule has 2 nitrogen and oxygen atoms in total. The van der Waals surface area contributed by atoms with Crippen molar-refractivity contribution in [3.63, 3.8) is 0 Å². The van der Waals surface area contributed by atoms with E-state index < -0.39 is 23.6 Å². The number of ether oxygens (including phenoxy) is 2. The van der Waals surface area contributed by atoms with Crippen molar-refractivity contribution in [3.05, 3.63) is 77.9 Å². The summed E-state index contributed by atoms with van der Waals surface area (Å²) < 4.78 is 55.1. The van der Waals surface area contributed by atoms with Crippen LogP contribution in [0, 0.1) is 17.6 Å². The normalized spacial score (nSPS) is 22.7. The first kappa shape index (κ1) is 23.0. The maximum Gasteiger partial charge on any atom is 0.201 e. The van der Waals surface area contributed by atoms with Crippen molar-refractivity contribution in [2.75, 3.05) is 6.61 Å². The zero-order chi connectivity index (χ0) is 21.7. The van der Waals surface area contributed by atoms with Crippen LogP contribution in [-0.2, 0) is 11.2 Å². The van der Waals surface area contributed by atoms with E-state index in [1.165, 1.54) is 0 Å². The zero-order valence-electron chi connectivity index (χ0n) is 17.3. The molecule has 1 aromatic carbocycles. The van der Waals surface area contributed by atoms with Crippen molar-refractivity contribution in [2.45, 2.75) is 52.1 Å². The van der Waals surface area contributed by atoms with E-state index in [2.05, 4.69) is 33.2 Å². The summed E-state index contributed by atoms with van der Waals surface area (Å²) in [4.78, 5) is 0. The van der Waals surface area contributed by atoms with E-state index in [1.807, 2.05) is 0 Å². The van der Waals surface area contributed by atoms with Crippen molar-refractivity contribution < 1.29 is 22.6 Å². The summed E-state index contributed by atoms with van der Waals surface area (Å²) in [6.45, 7) is 17.8. The third kappa shape index (κ3) is 4.67. The minimum absolute atomic E-state index is 0.167. The van der Waals surface area contributed by atoms with Gasteiger partial charge >= 0.3 is 0 Å². The zero-order valence-corrected chi connectivity index (χ0v) is 17.3. The third-order valence-corrected chi connectivity index (χ3v) is 5.43. The van der Waals surface area contributed by atoms with Gasteiger partial charge in [0.15, 0.2) is 23.2 Å². The molecule has 2 atom stereocenters. The van der Waals surface area contributed by atoms with E-state index in [0.717, 1.165) is 12.8 Å². The topological polar surface area (TPSA) is 18.5 Å². The summed E-state index contributed by atoms with van der Waals surface area (Å²) in [6, 6.07) is 1.57. The average Bonchev–Trinajstić information content (AvgIpc) is 2.76. The van der Waals surface area contributed by atoms with Gasteiger partial charge in [-0.3, -0.25) is 0 Å². The van der Waals surface area contributed by atoms with Gasteiger partial charge in [0.2, 0.25) is 5.82 Å². The van der Waals surface area contributed by atoms with Crippen molar-refractivity contribution in [2.24, 2.45) is 5.92 Å². The molecule has 0 amide bonds. The number of hydrogen-bond donors (Lipinski definition) is 0. The van der Waals surface area contributed by atoms with Crippen molar-refractivity contribution >= 4 is 0 Å². The molecule has 1 saturated heterocycles. The lowest BCUT2D eigenvalue weighted by atomic mass is 9.90. The van der Waals surface area contributed by atoms with Gasteiger partial charge in [-0.1, -0.05) is 33.4 Å². The lowest BCUT2D eigenvalue weighted by molar-refractivity contribution is -0.0202. The monoisotopic (exact) mass is 406 g/mol. The fourth-order valence-electron chi connectivity index (χ4n) is 3.53. The lowest BCUT2D eigenvalue weighted by Gasteiger charge is -2.30. The molecule has 1 fully saturated rings. The first-order valence-corrected chi connectivity index (χ1v) is 9.93. The number of benzene rings is 1. The Morgan fingerprint density at radius 1 is 1.17 bits per heavy atom. The number of rotatable bonds is 4. The second-order valence-corrected chi connectivity index (χ2v) is 7.24. The summed E-state index contributed by atoms with van der Waals surface area (Å²) in [5.41, 5.74) is 1.26. The summed E-state index contributed by atoms with van der Waals surface area (Å²) in [5, 5.41) is 0. The number of halogens is 3. The minimum atomic E-state index is -1.11. The molecule has 2 aliphatic rings. The predicted molar refractivity (Wildman–Crippen MR) is 110 cm³/mol. The molecule has 0 spiro atoms. The Morgan fingerprint density at radius 3 is 2.41 bits per heavy atom. The number of fused-ring (bicyclic) bond motifs is 1. The Hall–Kier alpha value is -2.27. The van der Waals surface area contributed by atoms with E-state index in [-0.39, 0.29) is 29.1 Å². The van der Waals surface area contributed by atoms with E-state index in [1.54, 1.807) is 13.0 Å². The molecule has 29 heavy (non-hydrogen) atoms. The lowest BCUT2D eigenvalue weighted by Crippen LogP contribution is -2.22. The maximum atomic E-state index is 14.7. The molecule has 2 heterocycles. The summed E-state index contributed by atoms with van der Waals surface area (Å²) in [5.74, 6) is -2.76. The molecule has 158 valence electrons. The second-order valence-electron chi connectivity index (χ2n) is 7.24. The summed E-state index contributed by atoms with van der Waals surface area (Å²) in [7, 11) is 0. The van der Waals surface area contributed by atoms with Crippen LogP contribution in [0.1, 0.15) is 56.8 Å². The quantitative estimate of drug-likeness (QED) is 0.489. The minimum Gasteiger partial charge on any atom is -0.450 e. The summed E-state index contributed by atoms with van der Waals surface area (Å²) in [6.07, 6.45) is 2.65. The molecule has 0 bridgehead atoms. The Morgan fingerprint density at radius 2 is 1.86 bits per heavy atom. The largest absolute Gasteiger partial charge is 0.450 e. The van der Waals surface area contributed by atoms with Gasteiger partial charge in [0.05, 0.1) is 12.7 Å². The molecule has 0 N–H and O–H groups in total. The van der Waals surface area contributed by atoms with Gasteiger partial charge in [0.1, 0.15) is 0 Å². The van der Waals surface area contributed by atoms with Gasteiger partial charge in [0, 0.05) is 17.5 Å². The molecule has 5 heteroatoms. The number of allylic oxidation sites excluding steroid dienone is 3. The van der Waals surface area contributed by atoms with Gasteiger partial charge < -0.3 is 9.47 Å². The Balaban J connectivity index is 0.00000145. The van der Waals surface area contributed by atoms with Crippen molar-refractivity contribution in [3.8, 4) is 5.75 Å². The van der Waals surface area contributed by atoms with Crippen molar-refractivity contribution in [1.29, 1.82) is 0 Å². The SMILES string of the molecule is C=C.C=C(CC)/C(F)=C1/Oc2c(cc(C3CCC(CC)CO3)c(F)c2F)CC1=C. The first-order valence-electron chi connectivity index (χ1n) is 9.93. The highest BCUT2D eigenvalue weighted by molar-refractivity contribution is 5.51. The van der Waals surface area contributed by atoms with E-state index in [0.29, 0.717) is 36.5 Å². The molecular weight excluding hydrogens is 377 g/mol. The second kappa shape index (κ2) is 9.97. The Kier molecular flexibility index (Phi) is 7.91. The highest BCUT2D eigenvalue weighted by Crippen LogP contribution is 2.42. The summed E-state index contributed by atoms with van der Waals surface area (Å²) >= 11 is 0. The highest BCUT2D eigenvalue weighted by atomic mass is 19.2. The van der Waals surface area contributed by atoms with E-state index in [4.69, 9.17) is 9.47 Å². The van der Waals surface area contributed by atoms with Crippen LogP contribution in [0.15, 0.2) is 55.1 Å².